The van der Waals surface area contributed by atoms with Gasteiger partial charge in [-0.3, -0.25) is 0 Å². The molecule has 0 saturated heterocycles. The number of fused-ring (bicyclic) bond motifs is 1. The van der Waals surface area contributed by atoms with Crippen molar-refractivity contribution in [2.45, 2.75) is 11.5 Å². The number of hydrogen-bond donors (Lipinski definition) is 0. The van der Waals surface area contributed by atoms with Crippen LogP contribution in [-0.2, 0) is 11.5 Å². The zero-order valence-electron chi connectivity index (χ0n) is 10.2. The first-order valence-electron chi connectivity index (χ1n) is 5.98. The summed E-state index contributed by atoms with van der Waals surface area (Å²) >= 11 is 3.41. The monoisotopic (exact) mass is 289 g/mol. The molecule has 1 nitrogen and oxygen atoms in total. The second-order valence-electron chi connectivity index (χ2n) is 4.16. The normalized spacial score (nSPS) is 11.0. The Kier molecular flexibility index (Phi) is 3.80. The maximum Gasteiger partial charge on any atom is 0.127 e. The van der Waals surface area contributed by atoms with E-state index in [-0.39, 0.29) is 5.82 Å². The predicted molar refractivity (Wildman–Crippen MR) is 81.0 cm³/mol. The largest absolute Gasteiger partial charge is 0.240 e. The van der Waals surface area contributed by atoms with Gasteiger partial charge >= 0.3 is 0 Å². The first-order chi connectivity index (χ1) is 9.33. The van der Waals surface area contributed by atoms with Gasteiger partial charge in [0.1, 0.15) is 10.8 Å². The van der Waals surface area contributed by atoms with Crippen molar-refractivity contribution in [3.8, 4) is 0 Å². The minimum Gasteiger partial charge on any atom is -0.240 e. The topological polar surface area (TPSA) is 12.9 Å². The van der Waals surface area contributed by atoms with Crippen LogP contribution in [-0.4, -0.2) is 4.98 Å². The number of halogens is 1. The van der Waals surface area contributed by atoms with E-state index in [0.29, 0.717) is 5.75 Å². The molecule has 0 unspecified atom stereocenters. The van der Waals surface area contributed by atoms with Crippen LogP contribution in [0.5, 0.6) is 0 Å². The minimum atomic E-state index is -0.126. The third kappa shape index (κ3) is 2.96. The van der Waals surface area contributed by atoms with Crippen molar-refractivity contribution in [1.29, 1.82) is 0 Å². The third-order valence-corrected chi connectivity index (χ3v) is 4.99. The van der Waals surface area contributed by atoms with Gasteiger partial charge in [-0.1, -0.05) is 30.3 Å². The summed E-state index contributed by atoms with van der Waals surface area (Å²) in [6, 6.07) is 15.1. The number of aromatic nitrogens is 1. The van der Waals surface area contributed by atoms with Crippen LogP contribution in [0, 0.1) is 5.82 Å². The lowest BCUT2D eigenvalue weighted by molar-refractivity contribution is 0.617. The average Bonchev–Trinajstić information content (AvgIpc) is 2.83. The van der Waals surface area contributed by atoms with E-state index in [1.807, 2.05) is 30.3 Å². The highest BCUT2D eigenvalue weighted by Gasteiger charge is 2.05. The van der Waals surface area contributed by atoms with Gasteiger partial charge in [-0.25, -0.2) is 9.37 Å². The highest BCUT2D eigenvalue weighted by molar-refractivity contribution is 7.97. The molecule has 1 aromatic heterocycles. The fourth-order valence-corrected chi connectivity index (χ4v) is 3.89. The van der Waals surface area contributed by atoms with Crippen LogP contribution in [0.2, 0.25) is 0 Å². The first-order valence-corrected chi connectivity index (χ1v) is 7.95. The van der Waals surface area contributed by atoms with Gasteiger partial charge in [0.05, 0.1) is 10.2 Å². The van der Waals surface area contributed by atoms with E-state index < -0.39 is 0 Å². The van der Waals surface area contributed by atoms with Crippen molar-refractivity contribution in [3.63, 3.8) is 0 Å². The quantitative estimate of drug-likeness (QED) is 0.679. The highest BCUT2D eigenvalue weighted by atomic mass is 32.2. The summed E-state index contributed by atoms with van der Waals surface area (Å²) < 4.78 is 14.7. The summed E-state index contributed by atoms with van der Waals surface area (Å²) in [6.07, 6.45) is 0. The Bertz CT molecular complexity index is 660. The van der Waals surface area contributed by atoms with E-state index in [1.54, 1.807) is 29.2 Å². The number of benzene rings is 2. The number of para-hydroxylation sites is 1. The van der Waals surface area contributed by atoms with Gasteiger partial charge in [0.25, 0.3) is 0 Å². The third-order valence-electron chi connectivity index (χ3n) is 2.78. The molecule has 0 spiro atoms. The van der Waals surface area contributed by atoms with Crippen LogP contribution in [0.4, 0.5) is 4.39 Å². The molecule has 0 N–H and O–H groups in total. The van der Waals surface area contributed by atoms with E-state index in [4.69, 9.17) is 0 Å². The summed E-state index contributed by atoms with van der Waals surface area (Å²) in [6.45, 7) is 0. The number of hydrogen-bond acceptors (Lipinski definition) is 3. The lowest BCUT2D eigenvalue weighted by Gasteiger charge is -2.01. The van der Waals surface area contributed by atoms with Crippen molar-refractivity contribution >= 4 is 33.3 Å². The molecular formula is C15H12FNS2. The van der Waals surface area contributed by atoms with Crippen LogP contribution in [0.25, 0.3) is 10.2 Å². The van der Waals surface area contributed by atoms with Crippen molar-refractivity contribution in [3.05, 3.63) is 64.9 Å². The maximum atomic E-state index is 13.5. The lowest BCUT2D eigenvalue weighted by atomic mass is 10.2. The van der Waals surface area contributed by atoms with Crippen LogP contribution >= 0.6 is 23.1 Å². The number of thioether (sulfide) groups is 1. The van der Waals surface area contributed by atoms with Crippen LogP contribution in [0.3, 0.4) is 0 Å². The SMILES string of the molecule is Fc1ccccc1CSCc1nc2ccccc2s1. The molecule has 96 valence electrons. The minimum absolute atomic E-state index is 0.126. The number of rotatable bonds is 4. The van der Waals surface area contributed by atoms with Crippen LogP contribution in [0.1, 0.15) is 10.6 Å². The van der Waals surface area contributed by atoms with Gasteiger partial charge in [0, 0.05) is 11.5 Å². The zero-order valence-corrected chi connectivity index (χ0v) is 11.8. The Hall–Kier alpha value is -1.39. The standard InChI is InChI=1S/C15H12FNS2/c16-12-6-2-1-5-11(12)9-18-10-15-17-13-7-3-4-8-14(13)19-15/h1-8H,9-10H2. The summed E-state index contributed by atoms with van der Waals surface area (Å²) in [5.41, 5.74) is 1.81. The van der Waals surface area contributed by atoms with Crippen molar-refractivity contribution in [2.75, 3.05) is 0 Å². The first kappa shape index (κ1) is 12.6. The van der Waals surface area contributed by atoms with Gasteiger partial charge in [-0.05, 0) is 23.8 Å². The van der Waals surface area contributed by atoms with Gasteiger partial charge in [-0.15, -0.1) is 23.1 Å². The van der Waals surface area contributed by atoms with Gasteiger partial charge < -0.3 is 0 Å². The summed E-state index contributed by atoms with van der Waals surface area (Å²) in [5, 5.41) is 1.10. The Morgan fingerprint density at radius 3 is 2.63 bits per heavy atom. The molecule has 1 heterocycles. The van der Waals surface area contributed by atoms with Gasteiger partial charge in [-0.2, -0.15) is 0 Å². The predicted octanol–water partition coefficient (Wildman–Crippen LogP) is 4.87. The van der Waals surface area contributed by atoms with E-state index in [1.165, 1.54) is 10.8 Å². The summed E-state index contributed by atoms with van der Waals surface area (Å²) in [7, 11) is 0. The lowest BCUT2D eigenvalue weighted by Crippen LogP contribution is -1.87. The molecule has 0 amide bonds. The van der Waals surface area contributed by atoms with E-state index in [9.17, 15) is 4.39 Å². The fourth-order valence-electron chi connectivity index (χ4n) is 1.85. The second kappa shape index (κ2) is 5.72. The molecule has 0 bridgehead atoms. The second-order valence-corrected chi connectivity index (χ2v) is 6.26. The summed E-state index contributed by atoms with van der Waals surface area (Å²) in [4.78, 5) is 4.57. The van der Waals surface area contributed by atoms with E-state index in [0.717, 1.165) is 21.8 Å². The molecule has 0 aliphatic carbocycles. The van der Waals surface area contributed by atoms with Crippen molar-refractivity contribution in [1.82, 2.24) is 4.98 Å². The number of thiazole rings is 1. The molecule has 0 atom stereocenters. The number of nitrogens with zero attached hydrogens (tertiary/aromatic N) is 1. The molecule has 0 aliphatic rings. The Morgan fingerprint density at radius 1 is 1.00 bits per heavy atom. The fraction of sp³-hybridized carbons (Fsp3) is 0.133. The van der Waals surface area contributed by atoms with Crippen LogP contribution < -0.4 is 0 Å². The molecule has 0 saturated carbocycles. The molecule has 3 aromatic rings. The van der Waals surface area contributed by atoms with E-state index in [2.05, 4.69) is 11.1 Å². The highest BCUT2D eigenvalue weighted by Crippen LogP contribution is 2.26. The average molecular weight is 289 g/mol. The molecular weight excluding hydrogens is 277 g/mol. The van der Waals surface area contributed by atoms with Crippen molar-refractivity contribution < 1.29 is 4.39 Å². The summed E-state index contributed by atoms with van der Waals surface area (Å²) in [5.74, 6) is 1.38. The van der Waals surface area contributed by atoms with Crippen LogP contribution in [0.15, 0.2) is 48.5 Å². The maximum absolute atomic E-state index is 13.5. The smallest absolute Gasteiger partial charge is 0.127 e. The molecule has 19 heavy (non-hydrogen) atoms. The molecule has 0 fully saturated rings. The van der Waals surface area contributed by atoms with E-state index >= 15 is 0 Å². The molecule has 0 aliphatic heterocycles. The molecule has 2 aromatic carbocycles. The van der Waals surface area contributed by atoms with Crippen molar-refractivity contribution in [2.24, 2.45) is 0 Å². The van der Waals surface area contributed by atoms with Gasteiger partial charge in [0.2, 0.25) is 0 Å². The Labute approximate surface area is 119 Å². The molecule has 3 rings (SSSR count). The molecule has 4 heteroatoms. The Balaban J connectivity index is 1.65. The Morgan fingerprint density at radius 2 is 1.79 bits per heavy atom. The zero-order chi connectivity index (χ0) is 13.1. The van der Waals surface area contributed by atoms with Gasteiger partial charge in [0.15, 0.2) is 0 Å². The molecule has 0 radical (unpaired) electrons.